The zero-order valence-corrected chi connectivity index (χ0v) is 14.4. The van der Waals surface area contributed by atoms with Gasteiger partial charge in [-0.1, -0.05) is 44.7 Å². The molecule has 1 nitrogen and oxygen atoms in total. The summed E-state index contributed by atoms with van der Waals surface area (Å²) < 4.78 is 39.1. The maximum Gasteiger partial charge on any atom is 0.418 e. The van der Waals surface area contributed by atoms with Gasteiger partial charge in [-0.25, -0.2) is 0 Å². The van der Waals surface area contributed by atoms with Crippen molar-refractivity contribution in [3.8, 4) is 0 Å². The summed E-state index contributed by atoms with van der Waals surface area (Å²) in [6.07, 6.45) is 1.48. The second-order valence-corrected chi connectivity index (χ2v) is 6.85. The molecule has 5 heteroatoms. The van der Waals surface area contributed by atoms with E-state index in [2.05, 4.69) is 19.2 Å². The predicted octanol–water partition coefficient (Wildman–Crippen LogP) is 6.48. The van der Waals surface area contributed by atoms with Gasteiger partial charge in [-0.2, -0.15) is 13.2 Å². The Balaban J connectivity index is 2.57. The summed E-state index contributed by atoms with van der Waals surface area (Å²) in [5.74, 6) is 0.511. The van der Waals surface area contributed by atoms with Crippen LogP contribution < -0.4 is 5.32 Å². The van der Waals surface area contributed by atoms with Crippen LogP contribution in [0.25, 0.3) is 0 Å². The van der Waals surface area contributed by atoms with Gasteiger partial charge in [-0.15, -0.1) is 11.8 Å². The Morgan fingerprint density at radius 2 is 1.91 bits per heavy atom. The van der Waals surface area contributed by atoms with Crippen molar-refractivity contribution in [1.82, 2.24) is 0 Å². The average molecular weight is 333 g/mol. The van der Waals surface area contributed by atoms with Gasteiger partial charge in [0.2, 0.25) is 0 Å². The number of hydrogen-bond acceptors (Lipinski definition) is 2. The molecule has 0 aliphatic heterocycles. The van der Waals surface area contributed by atoms with Crippen LogP contribution in [0.2, 0.25) is 0 Å². The van der Waals surface area contributed by atoms with Crippen LogP contribution in [0.5, 0.6) is 0 Å². The Morgan fingerprint density at radius 1 is 1.18 bits per heavy atom. The van der Waals surface area contributed by atoms with E-state index in [0.29, 0.717) is 16.7 Å². The molecule has 0 bridgehead atoms. The van der Waals surface area contributed by atoms with Crippen molar-refractivity contribution in [2.45, 2.75) is 64.3 Å². The van der Waals surface area contributed by atoms with Crippen molar-refractivity contribution in [3.05, 3.63) is 29.3 Å². The highest BCUT2D eigenvalue weighted by Gasteiger charge is 2.33. The molecule has 0 aliphatic rings. The van der Waals surface area contributed by atoms with Gasteiger partial charge in [0.1, 0.15) is 0 Å². The summed E-state index contributed by atoms with van der Waals surface area (Å²) in [6, 6.07) is 4.43. The van der Waals surface area contributed by atoms with E-state index in [1.165, 1.54) is 31.4 Å². The lowest BCUT2D eigenvalue weighted by atomic mass is 10.1. The molecule has 0 fully saturated rings. The molecular formula is C17H26F3NS. The van der Waals surface area contributed by atoms with Crippen molar-refractivity contribution in [2.24, 2.45) is 0 Å². The number of benzene rings is 1. The zero-order valence-electron chi connectivity index (χ0n) is 13.6. The Bertz CT molecular complexity index is 446. The molecule has 0 aliphatic carbocycles. The van der Waals surface area contributed by atoms with E-state index in [-0.39, 0.29) is 5.69 Å². The number of alkyl halides is 3. The fourth-order valence-electron chi connectivity index (χ4n) is 2.31. The second-order valence-electron chi connectivity index (χ2n) is 5.56. The molecular weight excluding hydrogens is 307 g/mol. The molecule has 0 amide bonds. The first-order valence-corrected chi connectivity index (χ1v) is 8.96. The number of hydrogen-bond donors (Lipinski definition) is 1. The molecule has 0 saturated heterocycles. The summed E-state index contributed by atoms with van der Waals surface area (Å²) in [6.45, 7) is 5.98. The molecule has 0 radical (unpaired) electrons. The van der Waals surface area contributed by atoms with Crippen LogP contribution in [0.4, 0.5) is 18.9 Å². The van der Waals surface area contributed by atoms with Crippen molar-refractivity contribution in [1.29, 1.82) is 0 Å². The number of nitrogens with one attached hydrogen (secondary N) is 1. The number of unbranched alkanes of at least 4 members (excludes halogenated alkanes) is 2. The lowest BCUT2D eigenvalue weighted by molar-refractivity contribution is -0.137. The molecule has 0 unspecified atom stereocenters. The van der Waals surface area contributed by atoms with E-state index < -0.39 is 11.7 Å². The highest BCUT2D eigenvalue weighted by atomic mass is 32.2. The molecule has 22 heavy (non-hydrogen) atoms. The van der Waals surface area contributed by atoms with Gasteiger partial charge in [0.15, 0.2) is 0 Å². The predicted molar refractivity (Wildman–Crippen MR) is 90.5 cm³/mol. The quantitative estimate of drug-likeness (QED) is 0.410. The van der Waals surface area contributed by atoms with Crippen LogP contribution in [0.3, 0.4) is 0 Å². The highest BCUT2D eigenvalue weighted by molar-refractivity contribution is 7.99. The topological polar surface area (TPSA) is 12.0 Å². The lowest BCUT2D eigenvalue weighted by Gasteiger charge is -2.18. The van der Waals surface area contributed by atoms with Crippen LogP contribution in [0, 0.1) is 6.92 Å². The van der Waals surface area contributed by atoms with Gasteiger partial charge in [-0.05, 0) is 31.9 Å². The second kappa shape index (κ2) is 9.33. The molecule has 1 N–H and O–H groups in total. The van der Waals surface area contributed by atoms with Crippen molar-refractivity contribution < 1.29 is 13.2 Å². The summed E-state index contributed by atoms with van der Waals surface area (Å²) in [4.78, 5) is 0. The highest BCUT2D eigenvalue weighted by Crippen LogP contribution is 2.35. The first-order valence-electron chi connectivity index (χ1n) is 7.91. The third-order valence-corrected chi connectivity index (χ3v) is 5.00. The molecule has 1 aromatic carbocycles. The average Bonchev–Trinajstić information content (AvgIpc) is 2.46. The summed E-state index contributed by atoms with van der Waals surface area (Å²) in [5.41, 5.74) is 0.220. The maximum absolute atomic E-state index is 13.0. The number of halogens is 3. The molecule has 0 spiro atoms. The number of aryl methyl sites for hydroxylation is 1. The largest absolute Gasteiger partial charge is 0.418 e. The zero-order chi connectivity index (χ0) is 16.6. The maximum atomic E-state index is 13.0. The normalized spacial score (nSPS) is 13.2. The van der Waals surface area contributed by atoms with Gasteiger partial charge in [-0.3, -0.25) is 0 Å². The smallest absolute Gasteiger partial charge is 0.376 e. The third-order valence-electron chi connectivity index (χ3n) is 3.65. The van der Waals surface area contributed by atoms with Gasteiger partial charge in [0.25, 0.3) is 0 Å². The Labute approximate surface area is 136 Å². The number of thioether (sulfide) groups is 1. The minimum Gasteiger partial charge on any atom is -0.376 e. The van der Waals surface area contributed by atoms with Gasteiger partial charge < -0.3 is 5.32 Å². The molecule has 1 rings (SSSR count). The molecule has 0 saturated carbocycles. The van der Waals surface area contributed by atoms with Crippen LogP contribution in [-0.4, -0.2) is 11.1 Å². The van der Waals surface area contributed by atoms with Crippen LogP contribution in [0.15, 0.2) is 18.2 Å². The fourth-order valence-corrected chi connectivity index (χ4v) is 3.35. The SMILES string of the molecule is CCCCC[C@@H](CC)SCNc1ccc(C)cc1C(F)(F)F. The summed E-state index contributed by atoms with van der Waals surface area (Å²) in [5, 5.41) is 3.46. The molecule has 1 aromatic rings. The standard InChI is InChI=1S/C17H26F3NS/c1-4-6-7-8-14(5-2)22-12-21-16-10-9-13(3)11-15(16)17(18,19)20/h9-11,14,21H,4-8,12H2,1-3H3/t14-/m1/s1. The van der Waals surface area contributed by atoms with Crippen molar-refractivity contribution in [3.63, 3.8) is 0 Å². The van der Waals surface area contributed by atoms with Crippen LogP contribution in [0.1, 0.15) is 57.1 Å². The fraction of sp³-hybridized carbons (Fsp3) is 0.647. The van der Waals surface area contributed by atoms with E-state index >= 15 is 0 Å². The Morgan fingerprint density at radius 3 is 2.50 bits per heavy atom. The van der Waals surface area contributed by atoms with Gasteiger partial charge in [0.05, 0.1) is 11.4 Å². The van der Waals surface area contributed by atoms with E-state index in [9.17, 15) is 13.2 Å². The van der Waals surface area contributed by atoms with Gasteiger partial charge >= 0.3 is 6.18 Å². The van der Waals surface area contributed by atoms with E-state index in [0.717, 1.165) is 12.8 Å². The molecule has 0 aromatic heterocycles. The summed E-state index contributed by atoms with van der Waals surface area (Å²) >= 11 is 1.71. The van der Waals surface area contributed by atoms with E-state index in [1.807, 2.05) is 0 Å². The number of anilines is 1. The minimum atomic E-state index is -4.32. The van der Waals surface area contributed by atoms with E-state index in [1.54, 1.807) is 24.8 Å². The van der Waals surface area contributed by atoms with Crippen molar-refractivity contribution in [2.75, 3.05) is 11.2 Å². The van der Waals surface area contributed by atoms with E-state index in [4.69, 9.17) is 0 Å². The lowest BCUT2D eigenvalue weighted by Crippen LogP contribution is -2.12. The molecule has 0 heterocycles. The molecule has 1 atom stereocenters. The Kier molecular flexibility index (Phi) is 8.15. The minimum absolute atomic E-state index is 0.175. The third kappa shape index (κ3) is 6.51. The monoisotopic (exact) mass is 333 g/mol. The first kappa shape index (κ1) is 19.2. The number of rotatable bonds is 9. The van der Waals surface area contributed by atoms with Gasteiger partial charge in [0, 0.05) is 10.9 Å². The molecule has 126 valence electrons. The summed E-state index contributed by atoms with van der Waals surface area (Å²) in [7, 11) is 0. The van der Waals surface area contributed by atoms with Crippen LogP contribution in [-0.2, 0) is 6.18 Å². The van der Waals surface area contributed by atoms with Crippen molar-refractivity contribution >= 4 is 17.4 Å². The Hall–Kier alpha value is -0.840. The first-order chi connectivity index (χ1) is 10.4. The van der Waals surface area contributed by atoms with Crippen LogP contribution >= 0.6 is 11.8 Å².